The molecule has 0 aliphatic heterocycles. The Labute approximate surface area is 110 Å². The van der Waals surface area contributed by atoms with Crippen molar-refractivity contribution in [1.29, 1.82) is 0 Å². The van der Waals surface area contributed by atoms with E-state index in [2.05, 4.69) is 17.2 Å². The van der Waals surface area contributed by atoms with Crippen LogP contribution >= 0.6 is 34.8 Å². The van der Waals surface area contributed by atoms with E-state index < -0.39 is 0 Å². The van der Waals surface area contributed by atoms with Crippen molar-refractivity contribution in [3.8, 4) is 5.88 Å². The number of nitrogens with one attached hydrogen (secondary N) is 1. The van der Waals surface area contributed by atoms with Crippen molar-refractivity contribution >= 4 is 34.8 Å². The van der Waals surface area contributed by atoms with Gasteiger partial charge in [-0.15, -0.1) is 0 Å². The summed E-state index contributed by atoms with van der Waals surface area (Å²) in [5.74, 6) is 0.314. The summed E-state index contributed by atoms with van der Waals surface area (Å²) >= 11 is 17.4. The van der Waals surface area contributed by atoms with Crippen LogP contribution in [0.3, 0.4) is 0 Å². The zero-order valence-electron chi connectivity index (χ0n) is 8.90. The molecule has 1 aromatic heterocycles. The van der Waals surface area contributed by atoms with Gasteiger partial charge in [0.05, 0.1) is 5.02 Å². The van der Waals surface area contributed by atoms with Crippen LogP contribution in [-0.2, 0) is 0 Å². The summed E-state index contributed by atoms with van der Waals surface area (Å²) in [6.45, 7) is 4.30. The van der Waals surface area contributed by atoms with Gasteiger partial charge in [-0.1, -0.05) is 41.7 Å². The first kappa shape index (κ1) is 13.8. The van der Waals surface area contributed by atoms with Gasteiger partial charge in [0.2, 0.25) is 5.88 Å². The number of pyridine rings is 1. The second-order valence-electron chi connectivity index (χ2n) is 3.15. The van der Waals surface area contributed by atoms with Crippen molar-refractivity contribution in [3.63, 3.8) is 0 Å². The molecule has 0 spiro atoms. The zero-order chi connectivity index (χ0) is 12.0. The summed E-state index contributed by atoms with van der Waals surface area (Å²) in [5.41, 5.74) is 0. The summed E-state index contributed by atoms with van der Waals surface area (Å²) in [6, 6.07) is 1.52. The van der Waals surface area contributed by atoms with E-state index in [0.29, 0.717) is 22.5 Å². The Kier molecular flexibility index (Phi) is 6.21. The van der Waals surface area contributed by atoms with Gasteiger partial charge in [0.1, 0.15) is 11.6 Å². The minimum Gasteiger partial charge on any atom is -0.475 e. The second kappa shape index (κ2) is 7.17. The van der Waals surface area contributed by atoms with Crippen LogP contribution in [0.2, 0.25) is 15.2 Å². The number of aromatic nitrogens is 1. The lowest BCUT2D eigenvalue weighted by molar-refractivity contribution is 0.303. The van der Waals surface area contributed by atoms with E-state index >= 15 is 0 Å². The summed E-state index contributed by atoms with van der Waals surface area (Å²) < 4.78 is 5.37. The number of hydrogen-bond acceptors (Lipinski definition) is 3. The predicted molar refractivity (Wildman–Crippen MR) is 67.9 cm³/mol. The van der Waals surface area contributed by atoms with Gasteiger partial charge < -0.3 is 10.1 Å². The van der Waals surface area contributed by atoms with Crippen LogP contribution in [0.15, 0.2) is 6.07 Å². The summed E-state index contributed by atoms with van der Waals surface area (Å²) in [5, 5.41) is 4.08. The Morgan fingerprint density at radius 3 is 2.69 bits per heavy atom. The van der Waals surface area contributed by atoms with Gasteiger partial charge in [-0.3, -0.25) is 0 Å². The first-order valence-electron chi connectivity index (χ1n) is 5.00. The minimum absolute atomic E-state index is 0.197. The van der Waals surface area contributed by atoms with E-state index in [-0.39, 0.29) is 5.15 Å². The van der Waals surface area contributed by atoms with Crippen LogP contribution in [-0.4, -0.2) is 24.7 Å². The van der Waals surface area contributed by atoms with E-state index in [1.807, 2.05) is 0 Å². The molecule has 1 N–H and O–H groups in total. The van der Waals surface area contributed by atoms with Crippen LogP contribution in [0.5, 0.6) is 5.88 Å². The molecule has 1 heterocycles. The van der Waals surface area contributed by atoms with Gasteiger partial charge in [-0.05, 0) is 19.0 Å². The molecule has 0 aliphatic rings. The molecule has 0 fully saturated rings. The minimum atomic E-state index is 0.197. The molecule has 16 heavy (non-hydrogen) atoms. The fraction of sp³-hybridized carbons (Fsp3) is 0.500. The van der Waals surface area contributed by atoms with Crippen LogP contribution in [0.4, 0.5) is 0 Å². The molecule has 1 rings (SSSR count). The van der Waals surface area contributed by atoms with Gasteiger partial charge in [0, 0.05) is 6.54 Å². The third kappa shape index (κ3) is 4.34. The molecule has 0 bridgehead atoms. The molecule has 0 unspecified atom stereocenters. The Bertz CT molecular complexity index is 347. The fourth-order valence-electron chi connectivity index (χ4n) is 1.05. The molecule has 0 aromatic carbocycles. The van der Waals surface area contributed by atoms with E-state index in [1.54, 1.807) is 0 Å². The highest BCUT2D eigenvalue weighted by atomic mass is 35.5. The Balaban J connectivity index is 2.45. The average Bonchev–Trinajstić information content (AvgIpc) is 2.25. The zero-order valence-corrected chi connectivity index (χ0v) is 11.2. The van der Waals surface area contributed by atoms with E-state index in [1.165, 1.54) is 6.07 Å². The standard InChI is InChI=1S/C10H13Cl3N2O/c1-2-3-14-4-5-16-10-8(12)6-7(11)9(13)15-10/h6,14H,2-5H2,1H3. The smallest absolute Gasteiger partial charge is 0.234 e. The average molecular weight is 284 g/mol. The normalized spacial score (nSPS) is 10.5. The fourth-order valence-corrected chi connectivity index (χ4v) is 1.60. The maximum Gasteiger partial charge on any atom is 0.234 e. The van der Waals surface area contributed by atoms with E-state index in [4.69, 9.17) is 39.5 Å². The third-order valence-electron chi connectivity index (χ3n) is 1.80. The number of halogens is 3. The number of hydrogen-bond donors (Lipinski definition) is 1. The lowest BCUT2D eigenvalue weighted by Gasteiger charge is -2.08. The van der Waals surface area contributed by atoms with Crippen molar-refractivity contribution in [2.45, 2.75) is 13.3 Å². The quantitative estimate of drug-likeness (QED) is 0.641. The van der Waals surface area contributed by atoms with Gasteiger partial charge in [-0.2, -0.15) is 4.98 Å². The third-order valence-corrected chi connectivity index (χ3v) is 2.74. The van der Waals surface area contributed by atoms with Gasteiger partial charge in [-0.25, -0.2) is 0 Å². The van der Waals surface area contributed by atoms with Crippen LogP contribution in [0.25, 0.3) is 0 Å². The molecule has 0 aliphatic carbocycles. The van der Waals surface area contributed by atoms with Gasteiger partial charge in [0.15, 0.2) is 5.15 Å². The monoisotopic (exact) mass is 282 g/mol. The largest absolute Gasteiger partial charge is 0.475 e. The second-order valence-corrected chi connectivity index (χ2v) is 4.32. The molecule has 0 amide bonds. The Morgan fingerprint density at radius 1 is 1.25 bits per heavy atom. The molecule has 3 nitrogen and oxygen atoms in total. The lowest BCUT2D eigenvalue weighted by Crippen LogP contribution is -2.21. The SMILES string of the molecule is CCCNCCOc1nc(Cl)c(Cl)cc1Cl. The lowest BCUT2D eigenvalue weighted by atomic mass is 10.4. The summed E-state index contributed by atoms with van der Waals surface area (Å²) in [6.07, 6.45) is 1.09. The molecular weight excluding hydrogens is 270 g/mol. The van der Waals surface area contributed by atoms with E-state index in [0.717, 1.165) is 19.5 Å². The molecule has 0 atom stereocenters. The van der Waals surface area contributed by atoms with Crippen LogP contribution in [0, 0.1) is 0 Å². The Morgan fingerprint density at radius 2 is 2.00 bits per heavy atom. The molecule has 0 saturated heterocycles. The molecular formula is C10H13Cl3N2O. The first-order valence-corrected chi connectivity index (χ1v) is 6.13. The van der Waals surface area contributed by atoms with Gasteiger partial charge >= 0.3 is 0 Å². The Hall–Kier alpha value is -0.220. The summed E-state index contributed by atoms with van der Waals surface area (Å²) in [7, 11) is 0. The van der Waals surface area contributed by atoms with Crippen LogP contribution in [0.1, 0.15) is 13.3 Å². The molecule has 0 saturated carbocycles. The van der Waals surface area contributed by atoms with Crippen molar-refractivity contribution in [2.75, 3.05) is 19.7 Å². The topological polar surface area (TPSA) is 34.1 Å². The predicted octanol–water partition coefficient (Wildman–Crippen LogP) is 3.42. The highest BCUT2D eigenvalue weighted by Gasteiger charge is 2.08. The number of nitrogens with zero attached hydrogens (tertiary/aromatic N) is 1. The highest BCUT2D eigenvalue weighted by molar-refractivity contribution is 6.42. The molecule has 1 aromatic rings. The number of rotatable bonds is 6. The molecule has 90 valence electrons. The maximum atomic E-state index is 5.89. The molecule has 0 radical (unpaired) electrons. The van der Waals surface area contributed by atoms with Crippen molar-refractivity contribution in [1.82, 2.24) is 10.3 Å². The summed E-state index contributed by atoms with van der Waals surface area (Å²) in [4.78, 5) is 3.94. The maximum absolute atomic E-state index is 5.89. The molecule has 6 heteroatoms. The van der Waals surface area contributed by atoms with Crippen LogP contribution < -0.4 is 10.1 Å². The van der Waals surface area contributed by atoms with Gasteiger partial charge in [0.25, 0.3) is 0 Å². The first-order chi connectivity index (χ1) is 7.65. The van der Waals surface area contributed by atoms with Crippen molar-refractivity contribution in [3.05, 3.63) is 21.3 Å². The van der Waals surface area contributed by atoms with Crippen molar-refractivity contribution in [2.24, 2.45) is 0 Å². The highest BCUT2D eigenvalue weighted by Crippen LogP contribution is 2.30. The number of ether oxygens (including phenoxy) is 1. The van der Waals surface area contributed by atoms with Crippen molar-refractivity contribution < 1.29 is 4.74 Å². The van der Waals surface area contributed by atoms with E-state index in [9.17, 15) is 0 Å².